The number of hydrogen-bond donors (Lipinski definition) is 3. The van der Waals surface area contributed by atoms with E-state index in [9.17, 15) is 9.90 Å². The van der Waals surface area contributed by atoms with Crippen LogP contribution in [-0.2, 0) is 0 Å². The normalized spacial score (nSPS) is 11.4. The van der Waals surface area contributed by atoms with Crippen molar-refractivity contribution in [3.05, 3.63) is 59.8 Å². The Labute approximate surface area is 187 Å². The molecule has 4 N–H and O–H groups in total. The summed E-state index contributed by atoms with van der Waals surface area (Å²) in [6.45, 7) is 4.10. The number of hydrogen-bond acceptors (Lipinski definition) is 10. The summed E-state index contributed by atoms with van der Waals surface area (Å²) in [5, 5.41) is 29.1. The molecule has 0 fully saturated rings. The molecular weight excluding hydrogens is 428 g/mol. The topological polar surface area (TPSA) is 167 Å². The number of nitrogens with one attached hydrogen (secondary N) is 1. The summed E-state index contributed by atoms with van der Waals surface area (Å²) in [5.41, 5.74) is 10.3. The zero-order valence-corrected chi connectivity index (χ0v) is 17.8. The lowest BCUT2D eigenvalue weighted by Crippen LogP contribution is -2.21. The molecular formula is C21H20N8O4. The van der Waals surface area contributed by atoms with Gasteiger partial charge in [-0.3, -0.25) is 4.79 Å². The number of hydrazone groups is 1. The SMILES string of the molecule is CCOc1ccc(-c2c(C(=O)NN=C(C)c3cccc(O)c3)nnn2-c2nonc2N)cc1. The highest BCUT2D eigenvalue weighted by atomic mass is 16.6. The van der Waals surface area contributed by atoms with Crippen LogP contribution < -0.4 is 15.9 Å². The summed E-state index contributed by atoms with van der Waals surface area (Å²) in [4.78, 5) is 13.0. The first-order chi connectivity index (χ1) is 16.0. The van der Waals surface area contributed by atoms with Gasteiger partial charge in [-0.1, -0.05) is 17.3 Å². The van der Waals surface area contributed by atoms with Crippen molar-refractivity contribution in [3.8, 4) is 28.6 Å². The molecule has 12 nitrogen and oxygen atoms in total. The van der Waals surface area contributed by atoms with Crippen LogP contribution in [0.25, 0.3) is 17.1 Å². The molecule has 0 aliphatic rings. The van der Waals surface area contributed by atoms with Gasteiger partial charge in [0.15, 0.2) is 5.69 Å². The van der Waals surface area contributed by atoms with Crippen LogP contribution in [0.4, 0.5) is 5.82 Å². The van der Waals surface area contributed by atoms with Gasteiger partial charge in [0, 0.05) is 11.1 Å². The van der Waals surface area contributed by atoms with Crippen LogP contribution in [0.2, 0.25) is 0 Å². The molecule has 0 saturated heterocycles. The number of nitrogens with zero attached hydrogens (tertiary/aromatic N) is 6. The lowest BCUT2D eigenvalue weighted by atomic mass is 10.1. The van der Waals surface area contributed by atoms with Crippen molar-refractivity contribution < 1.29 is 19.3 Å². The van der Waals surface area contributed by atoms with E-state index in [0.29, 0.717) is 34.9 Å². The summed E-state index contributed by atoms with van der Waals surface area (Å²) in [5.74, 6) is 0.217. The molecule has 0 radical (unpaired) electrons. The Morgan fingerprint density at radius 3 is 2.70 bits per heavy atom. The van der Waals surface area contributed by atoms with Gasteiger partial charge in [-0.05, 0) is 60.6 Å². The van der Waals surface area contributed by atoms with Crippen molar-refractivity contribution in [2.45, 2.75) is 13.8 Å². The average Bonchev–Trinajstić information content (AvgIpc) is 3.44. The van der Waals surface area contributed by atoms with Gasteiger partial charge >= 0.3 is 0 Å². The van der Waals surface area contributed by atoms with Crippen molar-refractivity contribution in [2.24, 2.45) is 5.10 Å². The van der Waals surface area contributed by atoms with E-state index in [1.807, 2.05) is 6.92 Å². The standard InChI is InChI=1S/C21H20N8O4/c1-3-32-16-9-7-13(8-10-16)18-17(24-28-29(18)20-19(22)26-33-27-20)21(31)25-23-12(2)14-5-4-6-15(30)11-14/h4-11,30H,3H2,1-2H3,(H2,22,26)(H,25,31). The third-order valence-electron chi connectivity index (χ3n) is 4.61. The second kappa shape index (κ2) is 9.18. The number of amides is 1. The number of aromatic nitrogens is 5. The lowest BCUT2D eigenvalue weighted by molar-refractivity contribution is 0.0950. The molecule has 0 saturated carbocycles. The van der Waals surface area contributed by atoms with Crippen LogP contribution in [0.15, 0.2) is 58.3 Å². The van der Waals surface area contributed by atoms with E-state index in [1.54, 1.807) is 49.4 Å². The van der Waals surface area contributed by atoms with Crippen molar-refractivity contribution >= 4 is 17.4 Å². The second-order valence-corrected chi connectivity index (χ2v) is 6.82. The van der Waals surface area contributed by atoms with Crippen LogP contribution >= 0.6 is 0 Å². The van der Waals surface area contributed by atoms with Crippen molar-refractivity contribution in [3.63, 3.8) is 0 Å². The van der Waals surface area contributed by atoms with Crippen molar-refractivity contribution in [2.75, 3.05) is 12.3 Å². The van der Waals surface area contributed by atoms with E-state index in [1.165, 1.54) is 10.7 Å². The van der Waals surface area contributed by atoms with E-state index in [-0.39, 0.29) is 23.1 Å². The molecule has 12 heteroatoms. The Balaban J connectivity index is 1.70. The highest BCUT2D eigenvalue weighted by Crippen LogP contribution is 2.28. The molecule has 0 aliphatic carbocycles. The molecule has 33 heavy (non-hydrogen) atoms. The van der Waals surface area contributed by atoms with Crippen LogP contribution in [0.5, 0.6) is 11.5 Å². The summed E-state index contributed by atoms with van der Waals surface area (Å²) in [6, 6.07) is 13.5. The maximum atomic E-state index is 13.0. The molecule has 0 unspecified atom stereocenters. The number of benzene rings is 2. The fourth-order valence-corrected chi connectivity index (χ4v) is 3.04. The van der Waals surface area contributed by atoms with Gasteiger partial charge < -0.3 is 15.6 Å². The molecule has 0 bridgehead atoms. The number of ether oxygens (including phenoxy) is 1. The van der Waals surface area contributed by atoms with Crippen molar-refractivity contribution in [1.29, 1.82) is 0 Å². The Bertz CT molecular complexity index is 1310. The smallest absolute Gasteiger partial charge is 0.294 e. The first kappa shape index (κ1) is 21.5. The summed E-state index contributed by atoms with van der Waals surface area (Å²) in [7, 11) is 0. The predicted octanol–water partition coefficient (Wildman–Crippen LogP) is 2.16. The molecule has 4 rings (SSSR count). The van der Waals surface area contributed by atoms with Gasteiger partial charge in [0.2, 0.25) is 11.6 Å². The quantitative estimate of drug-likeness (QED) is 0.283. The molecule has 4 aromatic rings. The Morgan fingerprint density at radius 2 is 2.03 bits per heavy atom. The largest absolute Gasteiger partial charge is 0.508 e. The minimum absolute atomic E-state index is 0.0169. The molecule has 2 aromatic heterocycles. The second-order valence-electron chi connectivity index (χ2n) is 6.82. The molecule has 168 valence electrons. The van der Waals surface area contributed by atoms with Gasteiger partial charge in [0.25, 0.3) is 5.91 Å². The maximum Gasteiger partial charge on any atom is 0.294 e. The molecule has 0 spiro atoms. The van der Waals surface area contributed by atoms with E-state index in [0.717, 1.165) is 0 Å². The lowest BCUT2D eigenvalue weighted by Gasteiger charge is -2.08. The van der Waals surface area contributed by atoms with Crippen LogP contribution in [0.1, 0.15) is 29.9 Å². The number of phenols is 1. The average molecular weight is 448 g/mol. The Morgan fingerprint density at radius 1 is 1.24 bits per heavy atom. The highest BCUT2D eigenvalue weighted by Gasteiger charge is 2.25. The van der Waals surface area contributed by atoms with E-state index < -0.39 is 5.91 Å². The van der Waals surface area contributed by atoms with Gasteiger partial charge in [-0.15, -0.1) is 5.10 Å². The maximum absolute atomic E-state index is 13.0. The fourth-order valence-electron chi connectivity index (χ4n) is 3.04. The zero-order chi connectivity index (χ0) is 23.4. The molecule has 0 atom stereocenters. The molecule has 1 amide bonds. The minimum Gasteiger partial charge on any atom is -0.508 e. The van der Waals surface area contributed by atoms with Gasteiger partial charge in [-0.2, -0.15) is 9.78 Å². The fraction of sp³-hybridized carbons (Fsp3) is 0.143. The number of nitrogens with two attached hydrogens (primary N) is 1. The third-order valence-corrected chi connectivity index (χ3v) is 4.61. The zero-order valence-electron chi connectivity index (χ0n) is 17.8. The van der Waals surface area contributed by atoms with E-state index in [2.05, 4.69) is 35.8 Å². The van der Waals surface area contributed by atoms with E-state index >= 15 is 0 Å². The Hall–Kier alpha value is -4.74. The predicted molar refractivity (Wildman–Crippen MR) is 118 cm³/mol. The number of carbonyl (C=O) groups excluding carboxylic acids is 1. The van der Waals surface area contributed by atoms with Gasteiger partial charge in [0.1, 0.15) is 17.2 Å². The molecule has 2 heterocycles. The van der Waals surface area contributed by atoms with Crippen molar-refractivity contribution in [1.82, 2.24) is 30.7 Å². The number of rotatable bonds is 7. The third kappa shape index (κ3) is 4.49. The number of phenolic OH excluding ortho intramolecular Hbond substituents is 1. The summed E-state index contributed by atoms with van der Waals surface area (Å²) in [6.07, 6.45) is 0. The molecule has 2 aromatic carbocycles. The molecule has 0 aliphatic heterocycles. The van der Waals surface area contributed by atoms with Gasteiger partial charge in [0.05, 0.1) is 12.3 Å². The van der Waals surface area contributed by atoms with Gasteiger partial charge in [-0.25, -0.2) is 10.1 Å². The summed E-state index contributed by atoms with van der Waals surface area (Å²) >= 11 is 0. The first-order valence-corrected chi connectivity index (χ1v) is 9.89. The highest BCUT2D eigenvalue weighted by molar-refractivity contribution is 6.02. The van der Waals surface area contributed by atoms with Crippen LogP contribution in [0, 0.1) is 0 Å². The number of anilines is 1. The number of aromatic hydroxyl groups is 1. The number of carbonyl (C=O) groups is 1. The van der Waals surface area contributed by atoms with Crippen LogP contribution in [-0.4, -0.2) is 48.6 Å². The number of nitrogen functional groups attached to an aromatic ring is 1. The first-order valence-electron chi connectivity index (χ1n) is 9.89. The Kier molecular flexibility index (Phi) is 5.98. The summed E-state index contributed by atoms with van der Waals surface area (Å²) < 4.78 is 11.4. The minimum atomic E-state index is -0.611. The van der Waals surface area contributed by atoms with E-state index in [4.69, 9.17) is 10.5 Å². The van der Waals surface area contributed by atoms with Crippen LogP contribution in [0.3, 0.4) is 0 Å². The monoisotopic (exact) mass is 448 g/mol.